The second-order valence-corrected chi connectivity index (χ2v) is 9.61. The van der Waals surface area contributed by atoms with Gasteiger partial charge >= 0.3 is 6.03 Å². The van der Waals surface area contributed by atoms with Crippen LogP contribution in [-0.4, -0.2) is 48.4 Å². The van der Waals surface area contributed by atoms with Crippen LogP contribution in [0.2, 0.25) is 0 Å². The Morgan fingerprint density at radius 1 is 0.925 bits per heavy atom. The van der Waals surface area contributed by atoms with Crippen LogP contribution in [0.1, 0.15) is 18.1 Å². The molecular weight excluding hydrogens is 580 g/mol. The first-order chi connectivity index (χ1) is 19.2. The van der Waals surface area contributed by atoms with E-state index in [1.807, 2.05) is 31.2 Å². The fraction of sp³-hybridized carbons (Fsp3) is 0.172. The minimum absolute atomic E-state index is 0.00703. The fourth-order valence-electron chi connectivity index (χ4n) is 3.84. The molecule has 3 aromatic carbocycles. The zero-order valence-electron chi connectivity index (χ0n) is 21.8. The number of aryl methyl sites for hydroxylation is 1. The number of halogens is 1. The van der Waals surface area contributed by atoms with Crippen LogP contribution in [0.5, 0.6) is 11.5 Å². The lowest BCUT2D eigenvalue weighted by molar-refractivity contribution is -0.127. The molecular formula is C29H27BrN4O6. The van der Waals surface area contributed by atoms with Crippen molar-refractivity contribution in [2.45, 2.75) is 13.8 Å². The molecule has 1 aliphatic rings. The van der Waals surface area contributed by atoms with Gasteiger partial charge in [-0.25, -0.2) is 9.69 Å². The summed E-state index contributed by atoms with van der Waals surface area (Å²) >= 11 is 3.45. The van der Waals surface area contributed by atoms with Gasteiger partial charge in [-0.2, -0.15) is 0 Å². The lowest BCUT2D eigenvalue weighted by atomic mass is 10.1. The van der Waals surface area contributed by atoms with Crippen LogP contribution >= 0.6 is 15.9 Å². The molecule has 40 heavy (non-hydrogen) atoms. The van der Waals surface area contributed by atoms with Gasteiger partial charge < -0.3 is 25.4 Å². The maximum Gasteiger partial charge on any atom is 0.329 e. The van der Waals surface area contributed by atoms with Crippen molar-refractivity contribution in [2.24, 2.45) is 0 Å². The van der Waals surface area contributed by atoms with Gasteiger partial charge in [0.05, 0.1) is 6.61 Å². The quantitative estimate of drug-likeness (QED) is 0.227. The van der Waals surface area contributed by atoms with E-state index in [2.05, 4.69) is 31.9 Å². The molecule has 1 heterocycles. The monoisotopic (exact) mass is 606 g/mol. The molecule has 11 heteroatoms. The Balaban J connectivity index is 1.45. The van der Waals surface area contributed by atoms with E-state index < -0.39 is 24.4 Å². The normalized spacial score (nSPS) is 13.7. The van der Waals surface area contributed by atoms with Crippen LogP contribution in [0.4, 0.5) is 16.2 Å². The van der Waals surface area contributed by atoms with Crippen molar-refractivity contribution in [3.63, 3.8) is 0 Å². The number of amides is 5. The Bertz CT molecular complexity index is 1470. The highest BCUT2D eigenvalue weighted by molar-refractivity contribution is 9.10. The number of nitrogens with one attached hydrogen (secondary N) is 3. The third kappa shape index (κ3) is 7.26. The maximum atomic E-state index is 13.0. The summed E-state index contributed by atoms with van der Waals surface area (Å²) in [7, 11) is 0. The number of anilines is 2. The number of carbonyl (C=O) groups excluding carboxylic acids is 4. The number of para-hydroxylation sites is 1. The molecule has 4 rings (SSSR count). The molecule has 0 saturated carbocycles. The van der Waals surface area contributed by atoms with E-state index in [4.69, 9.17) is 9.47 Å². The molecule has 0 unspecified atom stereocenters. The zero-order chi connectivity index (χ0) is 28.6. The fourth-order valence-corrected chi connectivity index (χ4v) is 4.28. The molecule has 1 fully saturated rings. The van der Waals surface area contributed by atoms with Gasteiger partial charge in [-0.05, 0) is 67.4 Å². The second kappa shape index (κ2) is 12.9. The summed E-state index contributed by atoms with van der Waals surface area (Å²) in [5.41, 5.74) is 2.68. The van der Waals surface area contributed by atoms with Crippen molar-refractivity contribution >= 4 is 57.1 Å². The molecule has 1 aliphatic heterocycles. The van der Waals surface area contributed by atoms with Crippen LogP contribution in [0.25, 0.3) is 6.08 Å². The summed E-state index contributed by atoms with van der Waals surface area (Å²) in [6, 6.07) is 18.7. The van der Waals surface area contributed by atoms with E-state index >= 15 is 0 Å². The highest BCUT2D eigenvalue weighted by atomic mass is 79.9. The van der Waals surface area contributed by atoms with Crippen molar-refractivity contribution in [3.8, 4) is 11.5 Å². The van der Waals surface area contributed by atoms with E-state index in [0.29, 0.717) is 39.5 Å². The van der Waals surface area contributed by atoms with E-state index in [1.54, 1.807) is 49.4 Å². The average Bonchev–Trinajstić information content (AvgIpc) is 3.17. The predicted octanol–water partition coefficient (Wildman–Crippen LogP) is 4.71. The van der Waals surface area contributed by atoms with Crippen molar-refractivity contribution in [1.82, 2.24) is 10.2 Å². The number of hydrogen-bond donors (Lipinski definition) is 3. The number of urea groups is 1. The lowest BCUT2D eigenvalue weighted by Crippen LogP contribution is -2.38. The molecule has 0 atom stereocenters. The molecule has 206 valence electrons. The second-order valence-electron chi connectivity index (χ2n) is 8.75. The Morgan fingerprint density at radius 3 is 2.35 bits per heavy atom. The Morgan fingerprint density at radius 2 is 1.62 bits per heavy atom. The molecule has 0 aromatic heterocycles. The molecule has 5 amide bonds. The first-order valence-electron chi connectivity index (χ1n) is 12.4. The van der Waals surface area contributed by atoms with Gasteiger partial charge in [0.2, 0.25) is 5.91 Å². The molecule has 10 nitrogen and oxygen atoms in total. The van der Waals surface area contributed by atoms with E-state index in [1.165, 1.54) is 6.08 Å². The van der Waals surface area contributed by atoms with Gasteiger partial charge in [0.25, 0.3) is 11.8 Å². The van der Waals surface area contributed by atoms with Gasteiger partial charge in [0.1, 0.15) is 12.2 Å². The van der Waals surface area contributed by atoms with Crippen LogP contribution in [0.3, 0.4) is 0 Å². The first kappa shape index (κ1) is 28.4. The number of imide groups is 1. The van der Waals surface area contributed by atoms with Crippen molar-refractivity contribution < 1.29 is 28.7 Å². The topological polar surface area (TPSA) is 126 Å². The third-order valence-corrected chi connectivity index (χ3v) is 6.33. The van der Waals surface area contributed by atoms with Crippen LogP contribution in [-0.2, 0) is 14.4 Å². The molecule has 1 saturated heterocycles. The number of carbonyl (C=O) groups is 4. The molecule has 0 radical (unpaired) electrons. The van der Waals surface area contributed by atoms with Crippen LogP contribution in [0, 0.1) is 6.92 Å². The standard InChI is InChI=1S/C29H27BrN4O6/c1-3-39-24-14-19(22(30)15-25(24)40-17-27(36)31-20-9-5-4-6-10-20)13-23-28(37)34(29(38)33-23)16-26(35)32-21-11-7-8-18(2)12-21/h4-15H,3,16-17H2,1-2H3,(H,31,36)(H,32,35)(H,33,38)/b23-13+. The number of rotatable bonds is 10. The largest absolute Gasteiger partial charge is 0.490 e. The zero-order valence-corrected chi connectivity index (χ0v) is 23.4. The minimum Gasteiger partial charge on any atom is -0.490 e. The molecule has 0 aliphatic carbocycles. The highest BCUT2D eigenvalue weighted by Gasteiger charge is 2.35. The molecule has 3 N–H and O–H groups in total. The Labute approximate surface area is 239 Å². The maximum absolute atomic E-state index is 13.0. The van der Waals surface area contributed by atoms with Crippen LogP contribution in [0.15, 0.2) is 76.9 Å². The summed E-state index contributed by atoms with van der Waals surface area (Å²) in [5.74, 6) is -0.839. The number of hydrogen-bond acceptors (Lipinski definition) is 6. The molecule has 0 spiro atoms. The Hall–Kier alpha value is -4.64. The average molecular weight is 607 g/mol. The Kier molecular flexibility index (Phi) is 9.18. The van der Waals surface area contributed by atoms with Crippen molar-refractivity contribution in [3.05, 3.63) is 88.0 Å². The van der Waals surface area contributed by atoms with Gasteiger partial charge in [-0.1, -0.05) is 46.3 Å². The van der Waals surface area contributed by atoms with Gasteiger partial charge in [-0.3, -0.25) is 14.4 Å². The third-order valence-electron chi connectivity index (χ3n) is 5.64. The minimum atomic E-state index is -0.707. The summed E-state index contributed by atoms with van der Waals surface area (Å²) in [5, 5.41) is 7.94. The van der Waals surface area contributed by atoms with E-state index in [-0.39, 0.29) is 18.2 Å². The van der Waals surface area contributed by atoms with Crippen molar-refractivity contribution in [1.29, 1.82) is 0 Å². The summed E-state index contributed by atoms with van der Waals surface area (Å²) in [6.07, 6.45) is 1.47. The number of nitrogens with zero attached hydrogens (tertiary/aromatic N) is 1. The van der Waals surface area contributed by atoms with E-state index in [0.717, 1.165) is 10.5 Å². The van der Waals surface area contributed by atoms with E-state index in [9.17, 15) is 19.2 Å². The van der Waals surface area contributed by atoms with Crippen molar-refractivity contribution in [2.75, 3.05) is 30.4 Å². The molecule has 0 bridgehead atoms. The highest BCUT2D eigenvalue weighted by Crippen LogP contribution is 2.35. The smallest absolute Gasteiger partial charge is 0.329 e. The van der Waals surface area contributed by atoms with Gasteiger partial charge in [0.15, 0.2) is 18.1 Å². The molecule has 3 aromatic rings. The summed E-state index contributed by atoms with van der Waals surface area (Å²) in [6.45, 7) is 3.31. The lowest BCUT2D eigenvalue weighted by Gasteiger charge is -2.14. The SMILES string of the molecule is CCOc1cc(/C=C2/NC(=O)N(CC(=O)Nc3cccc(C)c3)C2=O)c(Br)cc1OCC(=O)Nc1ccccc1. The summed E-state index contributed by atoms with van der Waals surface area (Å²) < 4.78 is 11.9. The number of benzene rings is 3. The van der Waals surface area contributed by atoms with Gasteiger partial charge in [0, 0.05) is 15.8 Å². The number of ether oxygens (including phenoxy) is 2. The first-order valence-corrected chi connectivity index (χ1v) is 13.2. The van der Waals surface area contributed by atoms with Crippen LogP contribution < -0.4 is 25.4 Å². The van der Waals surface area contributed by atoms with Gasteiger partial charge in [-0.15, -0.1) is 0 Å². The summed E-state index contributed by atoms with van der Waals surface area (Å²) in [4.78, 5) is 51.1. The predicted molar refractivity (Wildman–Crippen MR) is 154 cm³/mol.